The second-order valence-corrected chi connectivity index (χ2v) is 7.19. The molecule has 0 unspecified atom stereocenters. The van der Waals surface area contributed by atoms with Crippen LogP contribution in [0.1, 0.15) is 81.5 Å². The van der Waals surface area contributed by atoms with Crippen molar-refractivity contribution in [1.82, 2.24) is 0 Å². The number of benzene rings is 1. The fraction of sp³-hybridized carbons (Fsp3) is 0.565. The predicted molar refractivity (Wildman–Crippen MR) is 107 cm³/mol. The highest BCUT2D eigenvalue weighted by molar-refractivity contribution is 5.89. The number of unbranched alkanes of at least 4 members (excludes halogenated alkanes) is 7. The Balaban J connectivity index is 1.82. The van der Waals surface area contributed by atoms with Gasteiger partial charge in [-0.25, -0.2) is 9.59 Å². The van der Waals surface area contributed by atoms with Crippen molar-refractivity contribution in [2.24, 2.45) is 0 Å². The summed E-state index contributed by atoms with van der Waals surface area (Å²) in [4.78, 5) is 24.0. The fourth-order valence-corrected chi connectivity index (χ4v) is 3.34. The lowest BCUT2D eigenvalue weighted by Crippen LogP contribution is -2.36. The molecule has 0 aliphatic carbocycles. The van der Waals surface area contributed by atoms with Gasteiger partial charge in [-0.15, -0.1) is 0 Å². The summed E-state index contributed by atoms with van der Waals surface area (Å²) in [7, 11) is 0. The second kappa shape index (κ2) is 12.3. The summed E-state index contributed by atoms with van der Waals surface area (Å²) in [5.41, 5.74) is 0.524. The van der Waals surface area contributed by atoms with Crippen molar-refractivity contribution in [3.63, 3.8) is 0 Å². The molecule has 1 aromatic rings. The molecule has 1 aliphatic rings. The maximum absolute atomic E-state index is 12.4. The van der Waals surface area contributed by atoms with Crippen LogP contribution in [0, 0.1) is 0 Å². The molecule has 1 heterocycles. The van der Waals surface area contributed by atoms with Gasteiger partial charge in [0.2, 0.25) is 0 Å². The number of carbonyl (C=O) groups is 2. The van der Waals surface area contributed by atoms with Crippen LogP contribution in [0.4, 0.5) is 0 Å². The molecule has 148 valence electrons. The average Bonchev–Trinajstić information content (AvgIpc) is 2.69. The van der Waals surface area contributed by atoms with Crippen LogP contribution in [0.3, 0.4) is 0 Å². The highest BCUT2D eigenvalue weighted by Gasteiger charge is 2.29. The van der Waals surface area contributed by atoms with Gasteiger partial charge >= 0.3 is 11.9 Å². The largest absolute Gasteiger partial charge is 0.455 e. The van der Waals surface area contributed by atoms with E-state index in [-0.39, 0.29) is 18.0 Å². The van der Waals surface area contributed by atoms with Crippen LogP contribution in [0.25, 0.3) is 0 Å². The first-order valence-corrected chi connectivity index (χ1v) is 10.3. The highest BCUT2D eigenvalue weighted by atomic mass is 16.6. The van der Waals surface area contributed by atoms with Crippen molar-refractivity contribution in [2.75, 3.05) is 0 Å². The van der Waals surface area contributed by atoms with Gasteiger partial charge in [-0.2, -0.15) is 0 Å². The van der Waals surface area contributed by atoms with Gasteiger partial charge < -0.3 is 9.47 Å². The highest BCUT2D eigenvalue weighted by Crippen LogP contribution is 2.21. The number of hydrogen-bond acceptors (Lipinski definition) is 4. The molecule has 0 bridgehead atoms. The van der Waals surface area contributed by atoms with Gasteiger partial charge in [-0.3, -0.25) is 0 Å². The zero-order valence-electron chi connectivity index (χ0n) is 16.4. The van der Waals surface area contributed by atoms with Gasteiger partial charge in [0, 0.05) is 12.5 Å². The molecule has 0 amide bonds. The Kier molecular flexibility index (Phi) is 9.67. The summed E-state index contributed by atoms with van der Waals surface area (Å²) in [5, 5.41) is 0. The molecule has 0 saturated heterocycles. The van der Waals surface area contributed by atoms with Crippen molar-refractivity contribution < 1.29 is 19.1 Å². The first kappa shape index (κ1) is 21.2. The minimum Gasteiger partial charge on any atom is -0.455 e. The molecule has 4 heteroatoms. The van der Waals surface area contributed by atoms with E-state index in [9.17, 15) is 9.59 Å². The van der Waals surface area contributed by atoms with Gasteiger partial charge in [-0.1, -0.05) is 76.1 Å². The third-order valence-corrected chi connectivity index (χ3v) is 4.91. The number of hydrogen-bond donors (Lipinski definition) is 0. The van der Waals surface area contributed by atoms with Gasteiger partial charge in [-0.05, 0) is 25.0 Å². The Morgan fingerprint density at radius 2 is 1.74 bits per heavy atom. The van der Waals surface area contributed by atoms with Crippen LogP contribution in [0.15, 0.2) is 42.5 Å². The molecule has 2 atom stereocenters. The summed E-state index contributed by atoms with van der Waals surface area (Å²) in [6.45, 7) is 2.23. The maximum atomic E-state index is 12.4. The van der Waals surface area contributed by atoms with Crippen LogP contribution in [0.2, 0.25) is 0 Å². The van der Waals surface area contributed by atoms with E-state index in [1.54, 1.807) is 18.2 Å². The third kappa shape index (κ3) is 7.98. The first-order valence-electron chi connectivity index (χ1n) is 10.3. The van der Waals surface area contributed by atoms with E-state index in [0.717, 1.165) is 19.3 Å². The van der Waals surface area contributed by atoms with Crippen molar-refractivity contribution in [3.05, 3.63) is 48.0 Å². The van der Waals surface area contributed by atoms with E-state index in [2.05, 4.69) is 6.92 Å². The topological polar surface area (TPSA) is 52.6 Å². The maximum Gasteiger partial charge on any atom is 0.338 e. The normalized spacial score (nSPS) is 17.4. The Morgan fingerprint density at radius 1 is 1.07 bits per heavy atom. The fourth-order valence-electron chi connectivity index (χ4n) is 3.34. The van der Waals surface area contributed by atoms with E-state index in [1.165, 1.54) is 44.6 Å². The molecule has 0 aromatic heterocycles. The molecule has 0 N–H and O–H groups in total. The van der Waals surface area contributed by atoms with E-state index >= 15 is 0 Å². The summed E-state index contributed by atoms with van der Waals surface area (Å²) in [6.07, 6.45) is 13.5. The molecular weight excluding hydrogens is 340 g/mol. The summed E-state index contributed by atoms with van der Waals surface area (Å²) in [6, 6.07) is 8.97. The van der Waals surface area contributed by atoms with Gasteiger partial charge in [0.1, 0.15) is 12.2 Å². The average molecular weight is 373 g/mol. The van der Waals surface area contributed by atoms with Crippen LogP contribution in [-0.2, 0) is 14.3 Å². The van der Waals surface area contributed by atoms with Crippen LogP contribution >= 0.6 is 0 Å². The minimum absolute atomic E-state index is 0.356. The number of cyclic esters (lactones) is 1. The lowest BCUT2D eigenvalue weighted by Gasteiger charge is -2.27. The molecule has 2 rings (SSSR count). The minimum atomic E-state index is -0.397. The smallest absolute Gasteiger partial charge is 0.338 e. The van der Waals surface area contributed by atoms with Crippen LogP contribution in [-0.4, -0.2) is 24.1 Å². The van der Waals surface area contributed by atoms with Gasteiger partial charge in [0.15, 0.2) is 0 Å². The van der Waals surface area contributed by atoms with E-state index < -0.39 is 6.10 Å². The standard InChI is InChI=1S/C23H32O4/c1-2-3-4-5-6-7-8-12-16-21(20-17-13-18-22(24)26-20)27-23(25)19-14-10-9-11-15-19/h9-11,13-15,18,20-21H,2-8,12,16-17H2,1H3/t20-,21+/m1/s1. The Morgan fingerprint density at radius 3 is 2.41 bits per heavy atom. The van der Waals surface area contributed by atoms with Crippen molar-refractivity contribution in [1.29, 1.82) is 0 Å². The molecule has 0 radical (unpaired) electrons. The van der Waals surface area contributed by atoms with E-state index in [1.807, 2.05) is 18.2 Å². The van der Waals surface area contributed by atoms with Crippen molar-refractivity contribution in [3.8, 4) is 0 Å². The molecule has 0 fully saturated rings. The van der Waals surface area contributed by atoms with Gasteiger partial charge in [0.25, 0.3) is 0 Å². The van der Waals surface area contributed by atoms with E-state index in [0.29, 0.717) is 12.0 Å². The Hall–Kier alpha value is -2.10. The molecule has 0 spiro atoms. The summed E-state index contributed by atoms with van der Waals surface area (Å²) >= 11 is 0. The molecule has 1 aromatic carbocycles. The lowest BCUT2D eigenvalue weighted by molar-refractivity contribution is -0.150. The van der Waals surface area contributed by atoms with Crippen molar-refractivity contribution in [2.45, 2.75) is 83.3 Å². The Labute approximate surface area is 162 Å². The van der Waals surface area contributed by atoms with Crippen molar-refractivity contribution >= 4 is 11.9 Å². The molecule has 0 saturated carbocycles. The summed E-state index contributed by atoms with van der Waals surface area (Å²) < 4.78 is 11.1. The first-order chi connectivity index (χ1) is 13.2. The van der Waals surface area contributed by atoms with Crippen LogP contribution < -0.4 is 0 Å². The summed E-state index contributed by atoms with van der Waals surface area (Å²) in [5.74, 6) is -0.714. The molecule has 4 nitrogen and oxygen atoms in total. The van der Waals surface area contributed by atoms with Gasteiger partial charge in [0.05, 0.1) is 5.56 Å². The number of esters is 2. The number of ether oxygens (including phenoxy) is 2. The second-order valence-electron chi connectivity index (χ2n) is 7.19. The molecular formula is C23H32O4. The third-order valence-electron chi connectivity index (χ3n) is 4.91. The molecule has 27 heavy (non-hydrogen) atoms. The Bertz CT molecular complexity index is 594. The lowest BCUT2D eigenvalue weighted by atomic mass is 10.0. The predicted octanol–water partition coefficient (Wildman–Crippen LogP) is 5.61. The number of carbonyl (C=O) groups excluding carboxylic acids is 2. The monoisotopic (exact) mass is 372 g/mol. The van der Waals surface area contributed by atoms with Crippen LogP contribution in [0.5, 0.6) is 0 Å². The molecule has 1 aliphatic heterocycles. The number of rotatable bonds is 12. The SMILES string of the molecule is CCCCCCCCCC[C@H](OC(=O)c1ccccc1)[C@H]1CC=CC(=O)O1. The van der Waals surface area contributed by atoms with E-state index in [4.69, 9.17) is 9.47 Å². The zero-order valence-corrected chi connectivity index (χ0v) is 16.4. The zero-order chi connectivity index (χ0) is 19.3. The quantitative estimate of drug-likeness (QED) is 0.353.